The number of hydrogen-bond acceptors (Lipinski definition) is 6. The highest BCUT2D eigenvalue weighted by atomic mass is 19.1. The second-order valence-electron chi connectivity index (χ2n) is 9.25. The summed E-state index contributed by atoms with van der Waals surface area (Å²) in [4.78, 5) is 42.3. The van der Waals surface area contributed by atoms with E-state index in [-0.39, 0.29) is 17.0 Å². The predicted octanol–water partition coefficient (Wildman–Crippen LogP) is 6.06. The highest BCUT2D eigenvalue weighted by molar-refractivity contribution is 6.04. The van der Waals surface area contributed by atoms with Gasteiger partial charge in [-0.15, -0.1) is 0 Å². The molecule has 0 saturated carbocycles. The molecule has 2 N–H and O–H groups in total. The predicted molar refractivity (Wildman–Crippen MR) is 153 cm³/mol. The number of aromatic amines is 1. The molecule has 0 radical (unpaired) electrons. The molecule has 0 aliphatic heterocycles. The Kier molecular flexibility index (Phi) is 6.97. The van der Waals surface area contributed by atoms with E-state index in [2.05, 4.69) is 25.3 Å². The zero-order valence-electron chi connectivity index (χ0n) is 22.1. The van der Waals surface area contributed by atoms with Gasteiger partial charge < -0.3 is 15.0 Å². The van der Waals surface area contributed by atoms with Crippen molar-refractivity contribution in [1.82, 2.24) is 24.5 Å². The smallest absolute Gasteiger partial charge is 0.267 e. The third kappa shape index (κ3) is 5.10. The second kappa shape index (κ2) is 11.0. The Balaban J connectivity index is 1.29. The van der Waals surface area contributed by atoms with E-state index in [1.54, 1.807) is 24.7 Å². The van der Waals surface area contributed by atoms with Crippen molar-refractivity contribution in [2.24, 2.45) is 0 Å². The van der Waals surface area contributed by atoms with Gasteiger partial charge in [0.05, 0.1) is 0 Å². The number of rotatable bonds is 7. The van der Waals surface area contributed by atoms with Gasteiger partial charge in [0.15, 0.2) is 28.5 Å². The quantitative estimate of drug-likeness (QED) is 0.244. The number of carbonyl (C=O) groups is 1. The first-order valence-corrected chi connectivity index (χ1v) is 13.0. The molecular formula is C31H22F2N6O3. The van der Waals surface area contributed by atoms with Crippen molar-refractivity contribution in [2.75, 3.05) is 5.32 Å². The first-order chi connectivity index (χ1) is 20.4. The summed E-state index contributed by atoms with van der Waals surface area (Å²) in [5.41, 5.74) is 1.93. The number of halogens is 2. The van der Waals surface area contributed by atoms with Gasteiger partial charge in [0.1, 0.15) is 17.2 Å². The van der Waals surface area contributed by atoms with Crippen LogP contribution in [0.5, 0.6) is 11.5 Å². The maximum atomic E-state index is 15.4. The molecule has 2 aromatic carbocycles. The number of ether oxygens (including phenoxy) is 1. The molecule has 0 unspecified atom stereocenters. The minimum atomic E-state index is -0.752. The number of fused-ring (bicyclic) bond motifs is 1. The van der Waals surface area contributed by atoms with Crippen molar-refractivity contribution in [3.05, 3.63) is 125 Å². The first-order valence-electron chi connectivity index (χ1n) is 13.0. The van der Waals surface area contributed by atoms with Crippen LogP contribution in [0.3, 0.4) is 0 Å². The summed E-state index contributed by atoms with van der Waals surface area (Å²) >= 11 is 0. The summed E-state index contributed by atoms with van der Waals surface area (Å²) in [7, 11) is 0. The molecule has 0 saturated heterocycles. The number of benzene rings is 2. The Morgan fingerprint density at radius 1 is 1.05 bits per heavy atom. The molecule has 0 spiro atoms. The van der Waals surface area contributed by atoms with Crippen LogP contribution >= 0.6 is 0 Å². The first kappa shape index (κ1) is 26.5. The standard InChI is InChI=1S/C31H22F2N6O3/c1-2-26-37-27-28(23(17-35-29(27)38-26)18-5-3-13-34-16-18)42-25-12-9-20(15-24(25)33)36-30(40)22-6-4-14-39(31(22)41)21-10-7-19(32)8-11-21/h3-17H,2H2,1H3,(H,36,40)(H,35,37,38). The van der Waals surface area contributed by atoms with E-state index < -0.39 is 23.1 Å². The molecule has 9 nitrogen and oxygen atoms in total. The maximum Gasteiger partial charge on any atom is 0.267 e. The summed E-state index contributed by atoms with van der Waals surface area (Å²) in [5, 5.41) is 2.55. The van der Waals surface area contributed by atoms with Crippen molar-refractivity contribution in [3.8, 4) is 28.3 Å². The maximum absolute atomic E-state index is 15.4. The molecule has 0 bridgehead atoms. The van der Waals surface area contributed by atoms with Gasteiger partial charge in [-0.25, -0.2) is 18.7 Å². The van der Waals surface area contributed by atoms with E-state index in [0.717, 1.165) is 6.07 Å². The van der Waals surface area contributed by atoms with E-state index in [0.29, 0.717) is 46.0 Å². The fourth-order valence-corrected chi connectivity index (χ4v) is 4.42. The molecule has 6 rings (SSSR count). The lowest BCUT2D eigenvalue weighted by Crippen LogP contribution is -2.27. The van der Waals surface area contributed by atoms with E-state index in [9.17, 15) is 14.0 Å². The van der Waals surface area contributed by atoms with Crippen LogP contribution in [0.15, 0.2) is 96.3 Å². The Hall–Kier alpha value is -5.71. The van der Waals surface area contributed by atoms with Crippen molar-refractivity contribution in [2.45, 2.75) is 13.3 Å². The van der Waals surface area contributed by atoms with Crippen LogP contribution in [-0.2, 0) is 6.42 Å². The number of imidazole rings is 1. The summed E-state index contributed by atoms with van der Waals surface area (Å²) in [6.45, 7) is 1.94. The molecule has 1 amide bonds. The number of pyridine rings is 3. The lowest BCUT2D eigenvalue weighted by atomic mass is 10.1. The monoisotopic (exact) mass is 564 g/mol. The van der Waals surface area contributed by atoms with Gasteiger partial charge >= 0.3 is 0 Å². The number of nitrogens with zero attached hydrogens (tertiary/aromatic N) is 4. The molecule has 0 atom stereocenters. The number of aryl methyl sites for hydroxylation is 1. The molecule has 4 heterocycles. The van der Waals surface area contributed by atoms with Gasteiger partial charge in [-0.1, -0.05) is 13.0 Å². The van der Waals surface area contributed by atoms with Crippen molar-refractivity contribution in [3.63, 3.8) is 0 Å². The summed E-state index contributed by atoms with van der Waals surface area (Å²) in [6.07, 6.45) is 7.00. The van der Waals surface area contributed by atoms with Gasteiger partial charge in [-0.05, 0) is 54.6 Å². The van der Waals surface area contributed by atoms with Gasteiger partial charge in [0.25, 0.3) is 11.5 Å². The molecule has 0 aliphatic rings. The number of anilines is 1. The molecule has 4 aromatic heterocycles. The molecule has 11 heteroatoms. The Bertz CT molecular complexity index is 1990. The Morgan fingerprint density at radius 2 is 1.88 bits per heavy atom. The Labute approximate surface area is 237 Å². The van der Waals surface area contributed by atoms with E-state index in [4.69, 9.17) is 4.74 Å². The number of amides is 1. The van der Waals surface area contributed by atoms with Gasteiger partial charge in [-0.2, -0.15) is 0 Å². The van der Waals surface area contributed by atoms with Crippen LogP contribution in [-0.4, -0.2) is 30.4 Å². The molecule has 208 valence electrons. The van der Waals surface area contributed by atoms with Crippen molar-refractivity contribution >= 4 is 22.8 Å². The van der Waals surface area contributed by atoms with E-state index in [1.165, 1.54) is 59.3 Å². The Morgan fingerprint density at radius 3 is 2.62 bits per heavy atom. The highest BCUT2D eigenvalue weighted by Crippen LogP contribution is 2.38. The fourth-order valence-electron chi connectivity index (χ4n) is 4.42. The number of hydrogen-bond donors (Lipinski definition) is 2. The number of H-pyrrole nitrogens is 1. The minimum Gasteiger partial charge on any atom is -0.451 e. The summed E-state index contributed by atoms with van der Waals surface area (Å²) in [5.74, 6) is -1.05. The van der Waals surface area contributed by atoms with Gasteiger partial charge in [0.2, 0.25) is 0 Å². The van der Waals surface area contributed by atoms with Gasteiger partial charge in [-0.3, -0.25) is 19.1 Å². The SMILES string of the molecule is CCc1nc2c(Oc3ccc(NC(=O)c4cccn(-c5ccc(F)cc5)c4=O)cc3F)c(-c3cccnc3)cnc2[nH]1. The van der Waals surface area contributed by atoms with Crippen LogP contribution in [0, 0.1) is 11.6 Å². The number of aromatic nitrogens is 5. The molecule has 42 heavy (non-hydrogen) atoms. The van der Waals surface area contributed by atoms with Crippen LogP contribution < -0.4 is 15.6 Å². The number of nitrogens with one attached hydrogen (secondary N) is 2. The van der Waals surface area contributed by atoms with Crippen LogP contribution in [0.25, 0.3) is 28.0 Å². The third-order valence-electron chi connectivity index (χ3n) is 6.52. The van der Waals surface area contributed by atoms with Crippen LogP contribution in [0.1, 0.15) is 23.1 Å². The summed E-state index contributed by atoms with van der Waals surface area (Å²) in [6, 6.07) is 15.7. The van der Waals surface area contributed by atoms with E-state index >= 15 is 4.39 Å². The molecule has 6 aromatic rings. The van der Waals surface area contributed by atoms with Gasteiger partial charge in [0, 0.05) is 59.8 Å². The average molecular weight is 565 g/mol. The third-order valence-corrected chi connectivity index (χ3v) is 6.52. The minimum absolute atomic E-state index is 0.106. The molecule has 0 aliphatic carbocycles. The summed E-state index contributed by atoms with van der Waals surface area (Å²) < 4.78 is 36.0. The zero-order valence-corrected chi connectivity index (χ0v) is 22.1. The lowest BCUT2D eigenvalue weighted by Gasteiger charge is -2.13. The van der Waals surface area contributed by atoms with Crippen molar-refractivity contribution < 1.29 is 18.3 Å². The largest absolute Gasteiger partial charge is 0.451 e. The fraction of sp³-hybridized carbons (Fsp3) is 0.0645. The van der Waals surface area contributed by atoms with E-state index in [1.807, 2.05) is 13.0 Å². The second-order valence-corrected chi connectivity index (χ2v) is 9.25. The van der Waals surface area contributed by atoms with Crippen molar-refractivity contribution in [1.29, 1.82) is 0 Å². The number of carbonyl (C=O) groups excluding carboxylic acids is 1. The molecule has 0 fully saturated rings. The highest BCUT2D eigenvalue weighted by Gasteiger charge is 2.20. The van der Waals surface area contributed by atoms with Crippen LogP contribution in [0.4, 0.5) is 14.5 Å². The molecular weight excluding hydrogens is 542 g/mol. The zero-order chi connectivity index (χ0) is 29.2. The topological polar surface area (TPSA) is 115 Å². The average Bonchev–Trinajstić information content (AvgIpc) is 3.44. The lowest BCUT2D eigenvalue weighted by molar-refractivity contribution is 0.102. The normalized spacial score (nSPS) is 11.0. The van der Waals surface area contributed by atoms with Crippen LogP contribution in [0.2, 0.25) is 0 Å².